The largest absolute Gasteiger partial charge is 0.493 e. The Bertz CT molecular complexity index is 552. The molecule has 1 N–H and O–H groups in total. The number of benzene rings is 1. The predicted octanol–water partition coefficient (Wildman–Crippen LogP) is 1.83. The lowest BCUT2D eigenvalue weighted by Gasteiger charge is -2.33. The van der Waals surface area contributed by atoms with Gasteiger partial charge in [-0.3, -0.25) is 4.79 Å². The molecule has 0 spiro atoms. The third-order valence-electron chi connectivity index (χ3n) is 4.87. The maximum Gasteiger partial charge on any atom is 0.258 e. The summed E-state index contributed by atoms with van der Waals surface area (Å²) < 4.78 is 16.5. The van der Waals surface area contributed by atoms with E-state index in [0.717, 1.165) is 39.1 Å². The lowest BCUT2D eigenvalue weighted by atomic mass is 10.0. The first-order valence-corrected chi connectivity index (χ1v) is 9.13. The van der Waals surface area contributed by atoms with E-state index in [4.69, 9.17) is 14.2 Å². The fraction of sp³-hybridized carbons (Fsp3) is 0.632. The molecule has 2 aliphatic rings. The molecular formula is C19H28N2O4. The van der Waals surface area contributed by atoms with Crippen LogP contribution in [0.25, 0.3) is 0 Å². The van der Waals surface area contributed by atoms with E-state index in [-0.39, 0.29) is 18.6 Å². The number of likely N-dealkylation sites (tertiary alicyclic amines) is 1. The van der Waals surface area contributed by atoms with Crippen molar-refractivity contribution in [3.63, 3.8) is 0 Å². The van der Waals surface area contributed by atoms with Crippen molar-refractivity contribution in [1.82, 2.24) is 10.2 Å². The molecule has 6 heteroatoms. The molecule has 0 radical (unpaired) electrons. The highest BCUT2D eigenvalue weighted by Gasteiger charge is 2.24. The van der Waals surface area contributed by atoms with Gasteiger partial charge in [0.05, 0.1) is 13.2 Å². The standard InChI is InChI=1S/C19H28N2O4/c1-23-17-6-2-3-7-18(17)25-14-19(22)20-15-8-10-21(11-9-15)13-16-5-4-12-24-16/h2-3,6-7,15-16H,4-5,8-14H2,1H3,(H,20,22)/t16-/m0/s1. The molecule has 0 saturated carbocycles. The van der Waals surface area contributed by atoms with Gasteiger partial charge >= 0.3 is 0 Å². The summed E-state index contributed by atoms with van der Waals surface area (Å²) in [5, 5.41) is 3.08. The number of rotatable bonds is 7. The van der Waals surface area contributed by atoms with Crippen molar-refractivity contribution in [2.45, 2.75) is 37.8 Å². The Balaban J connectivity index is 1.36. The second-order valence-corrected chi connectivity index (χ2v) is 6.72. The van der Waals surface area contributed by atoms with Gasteiger partial charge in [-0.25, -0.2) is 0 Å². The number of hydrogen-bond acceptors (Lipinski definition) is 5. The van der Waals surface area contributed by atoms with E-state index in [1.165, 1.54) is 12.8 Å². The topological polar surface area (TPSA) is 60.0 Å². The summed E-state index contributed by atoms with van der Waals surface area (Å²) >= 11 is 0. The van der Waals surface area contributed by atoms with Crippen molar-refractivity contribution in [3.05, 3.63) is 24.3 Å². The molecule has 6 nitrogen and oxygen atoms in total. The smallest absolute Gasteiger partial charge is 0.258 e. The van der Waals surface area contributed by atoms with Gasteiger partial charge in [0.15, 0.2) is 18.1 Å². The van der Waals surface area contributed by atoms with Crippen LogP contribution in [-0.4, -0.2) is 62.9 Å². The van der Waals surface area contributed by atoms with E-state index in [2.05, 4.69) is 10.2 Å². The second-order valence-electron chi connectivity index (χ2n) is 6.72. The van der Waals surface area contributed by atoms with Crippen LogP contribution >= 0.6 is 0 Å². The van der Waals surface area contributed by atoms with Crippen LogP contribution in [-0.2, 0) is 9.53 Å². The van der Waals surface area contributed by atoms with Crippen molar-refractivity contribution < 1.29 is 19.0 Å². The highest BCUT2D eigenvalue weighted by atomic mass is 16.5. The highest BCUT2D eigenvalue weighted by Crippen LogP contribution is 2.25. The summed E-state index contributed by atoms with van der Waals surface area (Å²) in [4.78, 5) is 14.6. The number of piperidine rings is 1. The lowest BCUT2D eigenvalue weighted by molar-refractivity contribution is -0.124. The van der Waals surface area contributed by atoms with E-state index in [1.807, 2.05) is 18.2 Å². The van der Waals surface area contributed by atoms with Crippen molar-refractivity contribution in [3.8, 4) is 11.5 Å². The molecule has 0 aromatic heterocycles. The molecule has 0 unspecified atom stereocenters. The van der Waals surface area contributed by atoms with Crippen molar-refractivity contribution in [2.75, 3.05) is 40.0 Å². The van der Waals surface area contributed by atoms with Gasteiger partial charge < -0.3 is 24.4 Å². The normalized spacial score (nSPS) is 21.9. The van der Waals surface area contributed by atoms with Crippen molar-refractivity contribution in [1.29, 1.82) is 0 Å². The summed E-state index contributed by atoms with van der Waals surface area (Å²) in [7, 11) is 1.59. The summed E-state index contributed by atoms with van der Waals surface area (Å²) in [5.74, 6) is 1.15. The Kier molecular flexibility index (Phi) is 6.53. The van der Waals surface area contributed by atoms with E-state index >= 15 is 0 Å². The molecule has 1 aromatic rings. The van der Waals surface area contributed by atoms with Crippen LogP contribution in [0.3, 0.4) is 0 Å². The molecule has 25 heavy (non-hydrogen) atoms. The number of carbonyl (C=O) groups is 1. The molecule has 0 aliphatic carbocycles. The van der Waals surface area contributed by atoms with E-state index in [9.17, 15) is 4.79 Å². The van der Waals surface area contributed by atoms with Gasteiger partial charge in [0, 0.05) is 32.3 Å². The minimum Gasteiger partial charge on any atom is -0.493 e. The van der Waals surface area contributed by atoms with Crippen LogP contribution in [0.4, 0.5) is 0 Å². The third-order valence-corrected chi connectivity index (χ3v) is 4.87. The Morgan fingerprint density at radius 1 is 1.24 bits per heavy atom. The Morgan fingerprint density at radius 2 is 2.00 bits per heavy atom. The first-order chi connectivity index (χ1) is 12.2. The van der Waals surface area contributed by atoms with E-state index in [1.54, 1.807) is 13.2 Å². The molecular weight excluding hydrogens is 320 g/mol. The molecule has 138 valence electrons. The van der Waals surface area contributed by atoms with Gasteiger partial charge in [-0.15, -0.1) is 0 Å². The minimum absolute atomic E-state index is 0.0104. The molecule has 1 atom stereocenters. The first kappa shape index (κ1) is 18.0. The second kappa shape index (κ2) is 9.06. The molecule has 1 amide bonds. The maximum absolute atomic E-state index is 12.1. The van der Waals surface area contributed by atoms with Crippen LogP contribution in [0.5, 0.6) is 11.5 Å². The SMILES string of the molecule is COc1ccccc1OCC(=O)NC1CCN(C[C@@H]2CCCO2)CC1. The quantitative estimate of drug-likeness (QED) is 0.815. The average molecular weight is 348 g/mol. The van der Waals surface area contributed by atoms with Gasteiger partial charge in [0.25, 0.3) is 5.91 Å². The van der Waals surface area contributed by atoms with Gasteiger partial charge in [-0.2, -0.15) is 0 Å². The Morgan fingerprint density at radius 3 is 2.68 bits per heavy atom. The Labute approximate surface area is 149 Å². The molecule has 2 aliphatic heterocycles. The van der Waals surface area contributed by atoms with Crippen LogP contribution in [0, 0.1) is 0 Å². The molecule has 1 aromatic carbocycles. The van der Waals surface area contributed by atoms with Gasteiger partial charge in [0.1, 0.15) is 0 Å². The lowest BCUT2D eigenvalue weighted by Crippen LogP contribution is -2.47. The van der Waals surface area contributed by atoms with E-state index in [0.29, 0.717) is 17.6 Å². The zero-order valence-electron chi connectivity index (χ0n) is 14.9. The van der Waals surface area contributed by atoms with Crippen molar-refractivity contribution in [2.24, 2.45) is 0 Å². The van der Waals surface area contributed by atoms with Crippen molar-refractivity contribution >= 4 is 5.91 Å². The maximum atomic E-state index is 12.1. The zero-order valence-corrected chi connectivity index (χ0v) is 14.9. The number of amides is 1. The molecule has 2 fully saturated rings. The van der Waals surface area contributed by atoms with Crippen LogP contribution < -0.4 is 14.8 Å². The summed E-state index contributed by atoms with van der Waals surface area (Å²) in [6.07, 6.45) is 4.72. The molecule has 2 saturated heterocycles. The number of nitrogens with zero attached hydrogens (tertiary/aromatic N) is 1. The number of methoxy groups -OCH3 is 1. The molecule has 0 bridgehead atoms. The zero-order chi connectivity index (χ0) is 17.5. The number of carbonyl (C=O) groups excluding carboxylic acids is 1. The van der Waals surface area contributed by atoms with Crippen LogP contribution in [0.1, 0.15) is 25.7 Å². The average Bonchev–Trinajstić information content (AvgIpc) is 3.15. The fourth-order valence-electron chi connectivity index (χ4n) is 3.49. The van der Waals surface area contributed by atoms with Crippen LogP contribution in [0.2, 0.25) is 0 Å². The fourth-order valence-corrected chi connectivity index (χ4v) is 3.49. The number of para-hydroxylation sites is 2. The van der Waals surface area contributed by atoms with Crippen LogP contribution in [0.15, 0.2) is 24.3 Å². The monoisotopic (exact) mass is 348 g/mol. The molecule has 2 heterocycles. The van der Waals surface area contributed by atoms with Gasteiger partial charge in [-0.1, -0.05) is 12.1 Å². The highest BCUT2D eigenvalue weighted by molar-refractivity contribution is 5.77. The summed E-state index contributed by atoms with van der Waals surface area (Å²) in [6, 6.07) is 7.58. The van der Waals surface area contributed by atoms with E-state index < -0.39 is 0 Å². The number of ether oxygens (including phenoxy) is 3. The summed E-state index contributed by atoms with van der Waals surface area (Å²) in [6.45, 7) is 3.97. The summed E-state index contributed by atoms with van der Waals surface area (Å²) in [5.41, 5.74) is 0. The van der Waals surface area contributed by atoms with Gasteiger partial charge in [-0.05, 0) is 37.8 Å². The minimum atomic E-state index is -0.0801. The predicted molar refractivity (Wildman–Crippen MR) is 95.1 cm³/mol. The molecule has 3 rings (SSSR count). The third kappa shape index (κ3) is 5.34. The van der Waals surface area contributed by atoms with Gasteiger partial charge in [0.2, 0.25) is 0 Å². The number of nitrogens with one attached hydrogen (secondary N) is 1. The first-order valence-electron chi connectivity index (χ1n) is 9.13. The number of hydrogen-bond donors (Lipinski definition) is 1. The Hall–Kier alpha value is -1.79.